The molecular formula is C25H27N3O3S. The predicted molar refractivity (Wildman–Crippen MR) is 128 cm³/mol. The van der Waals surface area contributed by atoms with E-state index in [1.54, 1.807) is 25.1 Å². The van der Waals surface area contributed by atoms with Crippen LogP contribution < -0.4 is 10.0 Å². The first-order valence-electron chi connectivity index (χ1n) is 10.7. The standard InChI is InChI=1S/C25H27N3O3S/c1-3-23(28-32(30,31)20-13-12-18-8-4-5-9-19(18)16-20)25(29)26-15-14-21-17(2)27-24-11-7-6-10-22(21)24/h4-13,16,23,27-28H,3,14-15H2,1-2H3,(H,26,29). The summed E-state index contributed by atoms with van der Waals surface area (Å²) in [5.41, 5.74) is 3.30. The van der Waals surface area contributed by atoms with Gasteiger partial charge in [-0.1, -0.05) is 55.5 Å². The highest BCUT2D eigenvalue weighted by molar-refractivity contribution is 7.89. The second-order valence-corrected chi connectivity index (χ2v) is 9.62. The zero-order valence-electron chi connectivity index (χ0n) is 18.2. The normalized spacial score (nSPS) is 12.8. The minimum Gasteiger partial charge on any atom is -0.358 e. The summed E-state index contributed by atoms with van der Waals surface area (Å²) >= 11 is 0. The van der Waals surface area contributed by atoms with Crippen LogP contribution in [0.5, 0.6) is 0 Å². The van der Waals surface area contributed by atoms with Crippen LogP contribution >= 0.6 is 0 Å². The number of fused-ring (bicyclic) bond motifs is 2. The van der Waals surface area contributed by atoms with E-state index >= 15 is 0 Å². The average Bonchev–Trinajstić information content (AvgIpc) is 3.12. The van der Waals surface area contributed by atoms with Crippen molar-refractivity contribution in [2.45, 2.75) is 37.6 Å². The van der Waals surface area contributed by atoms with Crippen LogP contribution in [0.4, 0.5) is 0 Å². The van der Waals surface area contributed by atoms with Crippen molar-refractivity contribution < 1.29 is 13.2 Å². The number of aromatic amines is 1. The van der Waals surface area contributed by atoms with Gasteiger partial charge in [0.2, 0.25) is 15.9 Å². The van der Waals surface area contributed by atoms with Crippen LogP contribution in [0.1, 0.15) is 24.6 Å². The summed E-state index contributed by atoms with van der Waals surface area (Å²) in [7, 11) is -3.83. The van der Waals surface area contributed by atoms with Crippen LogP contribution in [0.2, 0.25) is 0 Å². The summed E-state index contributed by atoms with van der Waals surface area (Å²) in [5.74, 6) is -0.325. The van der Waals surface area contributed by atoms with E-state index in [4.69, 9.17) is 0 Å². The van der Waals surface area contributed by atoms with E-state index in [9.17, 15) is 13.2 Å². The van der Waals surface area contributed by atoms with Crippen molar-refractivity contribution in [2.24, 2.45) is 0 Å². The van der Waals surface area contributed by atoms with Crippen LogP contribution in [0.3, 0.4) is 0 Å². The van der Waals surface area contributed by atoms with Crippen molar-refractivity contribution in [3.63, 3.8) is 0 Å². The number of para-hydroxylation sites is 1. The van der Waals surface area contributed by atoms with Crippen LogP contribution in [-0.4, -0.2) is 31.9 Å². The number of benzene rings is 3. The van der Waals surface area contributed by atoms with E-state index in [2.05, 4.69) is 21.1 Å². The van der Waals surface area contributed by atoms with E-state index in [-0.39, 0.29) is 10.8 Å². The zero-order valence-corrected chi connectivity index (χ0v) is 19.0. The lowest BCUT2D eigenvalue weighted by molar-refractivity contribution is -0.122. The second-order valence-electron chi connectivity index (χ2n) is 7.91. The first kappa shape index (κ1) is 22.0. The lowest BCUT2D eigenvalue weighted by Gasteiger charge is -2.17. The molecular weight excluding hydrogens is 422 g/mol. The molecule has 1 unspecified atom stereocenters. The number of carbonyl (C=O) groups excluding carboxylic acids is 1. The minimum absolute atomic E-state index is 0.150. The maximum atomic E-state index is 12.9. The molecule has 32 heavy (non-hydrogen) atoms. The maximum absolute atomic E-state index is 12.9. The number of amides is 1. The van der Waals surface area contributed by atoms with Gasteiger partial charge in [-0.2, -0.15) is 4.72 Å². The molecule has 4 rings (SSSR count). The number of nitrogens with one attached hydrogen (secondary N) is 3. The number of rotatable bonds is 8. The molecule has 6 nitrogen and oxygen atoms in total. The predicted octanol–water partition coefficient (Wildman–Crippen LogP) is 4.05. The highest BCUT2D eigenvalue weighted by Gasteiger charge is 2.24. The highest BCUT2D eigenvalue weighted by atomic mass is 32.2. The number of sulfonamides is 1. The number of aromatic nitrogens is 1. The van der Waals surface area contributed by atoms with Gasteiger partial charge in [-0.25, -0.2) is 8.42 Å². The summed E-state index contributed by atoms with van der Waals surface area (Å²) in [4.78, 5) is 16.2. The molecule has 0 saturated carbocycles. The third-order valence-electron chi connectivity index (χ3n) is 5.75. The monoisotopic (exact) mass is 449 g/mol. The quantitative estimate of drug-likeness (QED) is 0.379. The molecule has 0 aliphatic rings. The van der Waals surface area contributed by atoms with Crippen LogP contribution in [0.15, 0.2) is 71.6 Å². The Hall–Kier alpha value is -3.16. The Morgan fingerprint density at radius 3 is 2.50 bits per heavy atom. The molecule has 0 bridgehead atoms. The summed E-state index contributed by atoms with van der Waals surface area (Å²) in [6, 6.07) is 19.8. The molecule has 0 aliphatic heterocycles. The van der Waals surface area contributed by atoms with Crippen LogP contribution in [0, 0.1) is 6.92 Å². The Kier molecular flexibility index (Phi) is 6.30. The smallest absolute Gasteiger partial charge is 0.241 e. The van der Waals surface area contributed by atoms with Crippen molar-refractivity contribution in [2.75, 3.05) is 6.54 Å². The molecule has 4 aromatic rings. The molecule has 1 heterocycles. The van der Waals surface area contributed by atoms with Gasteiger partial charge >= 0.3 is 0 Å². The van der Waals surface area contributed by atoms with E-state index in [0.717, 1.165) is 32.9 Å². The summed E-state index contributed by atoms with van der Waals surface area (Å²) in [6.45, 7) is 4.23. The molecule has 1 amide bonds. The van der Waals surface area contributed by atoms with E-state index < -0.39 is 16.1 Å². The minimum atomic E-state index is -3.83. The number of H-pyrrole nitrogens is 1. The molecule has 1 atom stereocenters. The van der Waals surface area contributed by atoms with Crippen molar-refractivity contribution >= 4 is 37.6 Å². The zero-order chi connectivity index (χ0) is 22.7. The third kappa shape index (κ3) is 4.54. The Morgan fingerprint density at radius 2 is 1.72 bits per heavy atom. The Labute approximate surface area is 188 Å². The fourth-order valence-electron chi connectivity index (χ4n) is 4.00. The molecule has 0 aliphatic carbocycles. The van der Waals surface area contributed by atoms with Gasteiger partial charge in [-0.15, -0.1) is 0 Å². The fraction of sp³-hybridized carbons (Fsp3) is 0.240. The SMILES string of the molecule is CCC(NS(=O)(=O)c1ccc2ccccc2c1)C(=O)NCCc1c(C)[nH]c2ccccc12. The van der Waals surface area contributed by atoms with Crippen LogP contribution in [-0.2, 0) is 21.2 Å². The van der Waals surface area contributed by atoms with E-state index in [0.29, 0.717) is 19.4 Å². The summed E-state index contributed by atoms with van der Waals surface area (Å²) in [6.07, 6.45) is 1.01. The van der Waals surface area contributed by atoms with Gasteiger partial charge < -0.3 is 10.3 Å². The van der Waals surface area contributed by atoms with Crippen molar-refractivity contribution in [3.8, 4) is 0 Å². The molecule has 3 N–H and O–H groups in total. The first-order chi connectivity index (χ1) is 15.4. The first-order valence-corrected chi connectivity index (χ1v) is 12.2. The maximum Gasteiger partial charge on any atom is 0.241 e. The fourth-order valence-corrected chi connectivity index (χ4v) is 5.32. The van der Waals surface area contributed by atoms with E-state index in [1.165, 1.54) is 0 Å². The third-order valence-corrected chi connectivity index (χ3v) is 7.22. The number of hydrogen-bond donors (Lipinski definition) is 3. The van der Waals surface area contributed by atoms with Gasteiger partial charge in [0.25, 0.3) is 0 Å². The Balaban J connectivity index is 1.42. The Morgan fingerprint density at radius 1 is 1.00 bits per heavy atom. The average molecular weight is 450 g/mol. The van der Waals surface area contributed by atoms with Gasteiger partial charge in [0.15, 0.2) is 0 Å². The van der Waals surface area contributed by atoms with E-state index in [1.807, 2.05) is 49.4 Å². The van der Waals surface area contributed by atoms with Crippen molar-refractivity contribution in [1.29, 1.82) is 0 Å². The molecule has 0 spiro atoms. The number of carbonyl (C=O) groups is 1. The lowest BCUT2D eigenvalue weighted by Crippen LogP contribution is -2.46. The second kappa shape index (κ2) is 9.14. The number of hydrogen-bond acceptors (Lipinski definition) is 3. The lowest BCUT2D eigenvalue weighted by atomic mass is 10.1. The molecule has 166 valence electrons. The highest BCUT2D eigenvalue weighted by Crippen LogP contribution is 2.22. The van der Waals surface area contributed by atoms with Crippen LogP contribution in [0.25, 0.3) is 21.7 Å². The molecule has 0 radical (unpaired) electrons. The van der Waals surface area contributed by atoms with Crippen molar-refractivity contribution in [3.05, 3.63) is 78.0 Å². The molecule has 0 saturated heterocycles. The summed E-state index contributed by atoms with van der Waals surface area (Å²) in [5, 5.41) is 5.83. The molecule has 1 aromatic heterocycles. The van der Waals surface area contributed by atoms with Gasteiger partial charge in [0, 0.05) is 23.1 Å². The summed E-state index contributed by atoms with van der Waals surface area (Å²) < 4.78 is 28.4. The molecule has 3 aromatic carbocycles. The largest absolute Gasteiger partial charge is 0.358 e. The van der Waals surface area contributed by atoms with Gasteiger partial charge in [-0.3, -0.25) is 4.79 Å². The number of aryl methyl sites for hydroxylation is 1. The van der Waals surface area contributed by atoms with Crippen molar-refractivity contribution in [1.82, 2.24) is 15.0 Å². The van der Waals surface area contributed by atoms with Gasteiger partial charge in [-0.05, 0) is 54.3 Å². The topological polar surface area (TPSA) is 91.1 Å². The van der Waals surface area contributed by atoms with Gasteiger partial charge in [0.05, 0.1) is 4.90 Å². The molecule has 0 fully saturated rings. The Bertz CT molecular complexity index is 1380. The van der Waals surface area contributed by atoms with Gasteiger partial charge in [0.1, 0.15) is 6.04 Å². The molecule has 7 heteroatoms.